The zero-order chi connectivity index (χ0) is 15.4. The highest BCUT2D eigenvalue weighted by Gasteiger charge is 2.17. The van der Waals surface area contributed by atoms with Gasteiger partial charge < -0.3 is 10.2 Å². The molecule has 5 nitrogen and oxygen atoms in total. The van der Waals surface area contributed by atoms with Crippen LogP contribution < -0.4 is 10.2 Å². The Kier molecular flexibility index (Phi) is 4.77. The average molecular weight is 315 g/mol. The molecule has 0 amide bonds. The zero-order valence-corrected chi connectivity index (χ0v) is 13.9. The van der Waals surface area contributed by atoms with Crippen molar-refractivity contribution in [2.75, 3.05) is 29.6 Å². The fraction of sp³-hybridized carbons (Fsp3) is 0.438. The first-order valence-electron chi connectivity index (χ1n) is 7.57. The summed E-state index contributed by atoms with van der Waals surface area (Å²) in [4.78, 5) is 15.8. The predicted octanol–water partition coefficient (Wildman–Crippen LogP) is 3.11. The van der Waals surface area contributed by atoms with Crippen molar-refractivity contribution in [1.29, 1.82) is 0 Å². The van der Waals surface area contributed by atoms with Crippen molar-refractivity contribution >= 4 is 23.4 Å². The number of hydrogen-bond donors (Lipinski definition) is 1. The lowest BCUT2D eigenvalue weighted by Crippen LogP contribution is -2.22. The van der Waals surface area contributed by atoms with Gasteiger partial charge in [-0.2, -0.15) is 0 Å². The lowest BCUT2D eigenvalue weighted by Gasteiger charge is -2.21. The van der Waals surface area contributed by atoms with E-state index in [2.05, 4.69) is 32.3 Å². The molecule has 0 aliphatic carbocycles. The van der Waals surface area contributed by atoms with Crippen molar-refractivity contribution in [2.24, 2.45) is 0 Å². The third-order valence-electron chi connectivity index (χ3n) is 3.78. The minimum atomic E-state index is 0.714. The molecule has 1 saturated heterocycles. The molecule has 0 bridgehead atoms. The number of aromatic nitrogens is 3. The summed E-state index contributed by atoms with van der Waals surface area (Å²) in [5.41, 5.74) is 2.28. The molecule has 0 radical (unpaired) electrons. The first-order valence-corrected chi connectivity index (χ1v) is 8.80. The van der Waals surface area contributed by atoms with Gasteiger partial charge in [0.25, 0.3) is 0 Å². The summed E-state index contributed by atoms with van der Waals surface area (Å²) in [5.74, 6) is 1.92. The Labute approximate surface area is 135 Å². The topological polar surface area (TPSA) is 53.9 Å². The van der Waals surface area contributed by atoms with Gasteiger partial charge in [0.1, 0.15) is 16.7 Å². The van der Waals surface area contributed by atoms with E-state index >= 15 is 0 Å². The monoisotopic (exact) mass is 315 g/mol. The third kappa shape index (κ3) is 3.50. The second-order valence-electron chi connectivity index (χ2n) is 5.43. The van der Waals surface area contributed by atoms with Crippen molar-refractivity contribution in [3.05, 3.63) is 35.8 Å². The maximum atomic E-state index is 4.75. The van der Waals surface area contributed by atoms with Gasteiger partial charge in [-0.05, 0) is 32.1 Å². The van der Waals surface area contributed by atoms with Crippen molar-refractivity contribution in [1.82, 2.24) is 15.0 Å². The summed E-state index contributed by atoms with van der Waals surface area (Å²) < 4.78 is 0. The Balaban J connectivity index is 1.76. The van der Waals surface area contributed by atoms with E-state index in [1.165, 1.54) is 18.4 Å². The Bertz CT molecular complexity index is 640. The standard InChI is InChI=1S/C16H21N5S/c1-12-5-6-13(16(19-12)21-7-3-4-8-21)9-18-14-10-17-11-15(20-14)22-2/h5-6,10-11H,3-4,7-9H2,1-2H3,(H,18,20). The molecular weight excluding hydrogens is 294 g/mol. The predicted molar refractivity (Wildman–Crippen MR) is 91.6 cm³/mol. The first kappa shape index (κ1) is 15.1. The average Bonchev–Trinajstić information content (AvgIpc) is 3.08. The third-order valence-corrected chi connectivity index (χ3v) is 4.40. The van der Waals surface area contributed by atoms with Gasteiger partial charge in [0.2, 0.25) is 0 Å². The molecule has 0 saturated carbocycles. The fourth-order valence-corrected chi connectivity index (χ4v) is 2.99. The molecule has 116 valence electrons. The molecule has 3 heterocycles. The molecule has 0 spiro atoms. The lowest BCUT2D eigenvalue weighted by molar-refractivity contribution is 0.904. The van der Waals surface area contributed by atoms with Gasteiger partial charge in [0.15, 0.2) is 0 Å². The molecule has 0 atom stereocenters. The van der Waals surface area contributed by atoms with Gasteiger partial charge in [-0.25, -0.2) is 9.97 Å². The van der Waals surface area contributed by atoms with Crippen molar-refractivity contribution < 1.29 is 0 Å². The number of pyridine rings is 1. The number of nitrogens with one attached hydrogen (secondary N) is 1. The number of anilines is 2. The lowest BCUT2D eigenvalue weighted by atomic mass is 10.2. The SMILES string of the molecule is CSc1cncc(NCc2ccc(C)nc2N2CCCC2)n1. The summed E-state index contributed by atoms with van der Waals surface area (Å²) in [6.07, 6.45) is 8.05. The van der Waals surface area contributed by atoms with E-state index in [9.17, 15) is 0 Å². The number of aryl methyl sites for hydroxylation is 1. The highest BCUT2D eigenvalue weighted by atomic mass is 32.2. The van der Waals surface area contributed by atoms with Crippen LogP contribution in [0.5, 0.6) is 0 Å². The van der Waals surface area contributed by atoms with Crippen LogP contribution in [-0.4, -0.2) is 34.3 Å². The Morgan fingerprint density at radius 1 is 1.18 bits per heavy atom. The molecule has 2 aromatic rings. The molecule has 1 fully saturated rings. The van der Waals surface area contributed by atoms with E-state index in [1.54, 1.807) is 24.2 Å². The van der Waals surface area contributed by atoms with Gasteiger partial charge in [0.05, 0.1) is 12.4 Å². The molecule has 1 aliphatic heterocycles. The fourth-order valence-electron chi connectivity index (χ4n) is 2.63. The van der Waals surface area contributed by atoms with Gasteiger partial charge in [-0.15, -0.1) is 11.8 Å². The van der Waals surface area contributed by atoms with Crippen molar-refractivity contribution in [3.63, 3.8) is 0 Å². The maximum absolute atomic E-state index is 4.75. The minimum Gasteiger partial charge on any atom is -0.365 e. The quantitative estimate of drug-likeness (QED) is 0.856. The maximum Gasteiger partial charge on any atom is 0.146 e. The zero-order valence-electron chi connectivity index (χ0n) is 13.0. The van der Waals surface area contributed by atoms with Crippen LogP contribution in [-0.2, 0) is 6.54 Å². The molecule has 2 aromatic heterocycles. The number of nitrogens with zero attached hydrogens (tertiary/aromatic N) is 4. The van der Waals surface area contributed by atoms with E-state index in [0.717, 1.165) is 35.4 Å². The van der Waals surface area contributed by atoms with E-state index in [1.807, 2.05) is 13.2 Å². The van der Waals surface area contributed by atoms with E-state index < -0.39 is 0 Å². The van der Waals surface area contributed by atoms with Crippen LogP contribution in [0.1, 0.15) is 24.1 Å². The number of thioether (sulfide) groups is 1. The van der Waals surface area contributed by atoms with Crippen LogP contribution in [0, 0.1) is 6.92 Å². The van der Waals surface area contributed by atoms with Crippen LogP contribution in [0.2, 0.25) is 0 Å². The van der Waals surface area contributed by atoms with Gasteiger partial charge in [0, 0.05) is 30.9 Å². The largest absolute Gasteiger partial charge is 0.365 e. The van der Waals surface area contributed by atoms with Crippen molar-refractivity contribution in [2.45, 2.75) is 31.3 Å². The molecule has 0 unspecified atom stereocenters. The van der Waals surface area contributed by atoms with Crippen LogP contribution in [0.25, 0.3) is 0 Å². The van der Waals surface area contributed by atoms with Gasteiger partial charge in [-0.3, -0.25) is 4.98 Å². The second kappa shape index (κ2) is 6.96. The number of rotatable bonds is 5. The first-order chi connectivity index (χ1) is 10.8. The van der Waals surface area contributed by atoms with Crippen LogP contribution in [0.3, 0.4) is 0 Å². The Morgan fingerprint density at radius 3 is 2.77 bits per heavy atom. The normalized spacial score (nSPS) is 14.4. The smallest absolute Gasteiger partial charge is 0.146 e. The Hall–Kier alpha value is -1.82. The summed E-state index contributed by atoms with van der Waals surface area (Å²) in [6.45, 7) is 4.96. The molecule has 3 rings (SSSR count). The summed E-state index contributed by atoms with van der Waals surface area (Å²) in [6, 6.07) is 4.23. The van der Waals surface area contributed by atoms with Crippen LogP contribution in [0.15, 0.2) is 29.6 Å². The van der Waals surface area contributed by atoms with E-state index in [4.69, 9.17) is 4.98 Å². The summed E-state index contributed by atoms with van der Waals surface area (Å²) in [5, 5.41) is 4.29. The van der Waals surface area contributed by atoms with Crippen molar-refractivity contribution in [3.8, 4) is 0 Å². The van der Waals surface area contributed by atoms with Crippen LogP contribution >= 0.6 is 11.8 Å². The molecular formula is C16H21N5S. The molecule has 1 aliphatic rings. The van der Waals surface area contributed by atoms with Crippen LogP contribution in [0.4, 0.5) is 11.6 Å². The van der Waals surface area contributed by atoms with Gasteiger partial charge >= 0.3 is 0 Å². The van der Waals surface area contributed by atoms with E-state index in [0.29, 0.717) is 6.54 Å². The molecule has 1 N–H and O–H groups in total. The van der Waals surface area contributed by atoms with E-state index in [-0.39, 0.29) is 0 Å². The Morgan fingerprint density at radius 2 is 2.00 bits per heavy atom. The summed E-state index contributed by atoms with van der Waals surface area (Å²) >= 11 is 1.60. The molecule has 0 aromatic carbocycles. The minimum absolute atomic E-state index is 0.714. The molecule has 6 heteroatoms. The molecule has 22 heavy (non-hydrogen) atoms. The van der Waals surface area contributed by atoms with Gasteiger partial charge in [-0.1, -0.05) is 6.07 Å². The number of hydrogen-bond acceptors (Lipinski definition) is 6. The highest BCUT2D eigenvalue weighted by Crippen LogP contribution is 2.24. The second-order valence-corrected chi connectivity index (χ2v) is 6.26. The summed E-state index contributed by atoms with van der Waals surface area (Å²) in [7, 11) is 0. The highest BCUT2D eigenvalue weighted by molar-refractivity contribution is 7.98.